The van der Waals surface area contributed by atoms with E-state index >= 15 is 0 Å². The largest absolute Gasteiger partial charge is 0.373 e. The van der Waals surface area contributed by atoms with Gasteiger partial charge in [-0.15, -0.1) is 0 Å². The van der Waals surface area contributed by atoms with Gasteiger partial charge in [0.15, 0.2) is 5.78 Å². The van der Waals surface area contributed by atoms with Crippen LogP contribution in [0.5, 0.6) is 0 Å². The van der Waals surface area contributed by atoms with Gasteiger partial charge in [-0.05, 0) is 18.2 Å². The van der Waals surface area contributed by atoms with Gasteiger partial charge in [0.25, 0.3) is 0 Å². The molecule has 0 fully saturated rings. The van der Waals surface area contributed by atoms with Crippen LogP contribution in [0.3, 0.4) is 0 Å². The summed E-state index contributed by atoms with van der Waals surface area (Å²) >= 11 is 0. The Morgan fingerprint density at radius 2 is 2.28 bits per heavy atom. The highest BCUT2D eigenvalue weighted by molar-refractivity contribution is 5.96. The number of hydrogen-bond acceptors (Lipinski definition) is 3. The minimum atomic E-state index is 0.0108. The molecule has 0 saturated heterocycles. The fourth-order valence-corrected chi connectivity index (χ4v) is 1.64. The maximum atomic E-state index is 11.7. The topological polar surface area (TPSA) is 44.1 Å². The van der Waals surface area contributed by atoms with Gasteiger partial charge in [-0.2, -0.15) is 0 Å². The van der Waals surface area contributed by atoms with E-state index in [1.54, 1.807) is 18.5 Å². The predicted octanol–water partition coefficient (Wildman–Crippen LogP) is 1.86. The Morgan fingerprint density at radius 3 is 2.94 bits per heavy atom. The summed E-state index contributed by atoms with van der Waals surface area (Å²) in [6.07, 6.45) is 6.12. The summed E-state index contributed by atoms with van der Waals surface area (Å²) in [7, 11) is 1.89. The van der Waals surface area contributed by atoms with Crippen LogP contribution in [0, 0.1) is 0 Å². The molecule has 0 aliphatic rings. The third-order valence-corrected chi connectivity index (χ3v) is 2.62. The van der Waals surface area contributed by atoms with Crippen LogP contribution in [0.15, 0.2) is 42.9 Å². The molecule has 0 unspecified atom stereocenters. The second kappa shape index (κ2) is 6.12. The van der Waals surface area contributed by atoms with E-state index in [0.717, 1.165) is 12.1 Å². The van der Waals surface area contributed by atoms with Crippen LogP contribution in [-0.4, -0.2) is 28.5 Å². The first kappa shape index (κ1) is 12.5. The highest BCUT2D eigenvalue weighted by Gasteiger charge is 2.06. The molecule has 94 valence electrons. The van der Waals surface area contributed by atoms with Crippen molar-refractivity contribution in [3.8, 4) is 0 Å². The van der Waals surface area contributed by atoms with Crippen molar-refractivity contribution >= 4 is 5.78 Å². The van der Waals surface area contributed by atoms with Gasteiger partial charge >= 0.3 is 0 Å². The minimum absolute atomic E-state index is 0.0108. The van der Waals surface area contributed by atoms with Crippen LogP contribution >= 0.6 is 0 Å². The SMILES string of the molecule is Cn1ccc(C(=O)COCCc2ccccn2)c1. The Kier molecular flexibility index (Phi) is 4.25. The normalized spacial score (nSPS) is 10.5. The maximum absolute atomic E-state index is 11.7. The summed E-state index contributed by atoms with van der Waals surface area (Å²) in [6.45, 7) is 0.631. The summed E-state index contributed by atoms with van der Waals surface area (Å²) in [6, 6.07) is 7.56. The van der Waals surface area contributed by atoms with Gasteiger partial charge in [-0.3, -0.25) is 9.78 Å². The van der Waals surface area contributed by atoms with E-state index in [-0.39, 0.29) is 12.4 Å². The number of carbonyl (C=O) groups excluding carboxylic acids is 1. The molecule has 18 heavy (non-hydrogen) atoms. The third-order valence-electron chi connectivity index (χ3n) is 2.62. The highest BCUT2D eigenvalue weighted by atomic mass is 16.5. The lowest BCUT2D eigenvalue weighted by Crippen LogP contribution is -2.10. The first-order valence-corrected chi connectivity index (χ1v) is 5.88. The lowest BCUT2D eigenvalue weighted by molar-refractivity contribution is 0.0764. The van der Waals surface area contributed by atoms with Gasteiger partial charge < -0.3 is 9.30 Å². The molecule has 2 aromatic rings. The van der Waals surface area contributed by atoms with E-state index in [1.807, 2.05) is 36.0 Å². The first-order chi connectivity index (χ1) is 8.75. The summed E-state index contributed by atoms with van der Waals surface area (Å²) in [5.74, 6) is 0.0108. The molecule has 0 N–H and O–H groups in total. The molecule has 2 aromatic heterocycles. The van der Waals surface area contributed by atoms with Crippen LogP contribution in [0.4, 0.5) is 0 Å². The van der Waals surface area contributed by atoms with E-state index in [4.69, 9.17) is 4.74 Å². The zero-order valence-electron chi connectivity index (χ0n) is 10.4. The second-order valence-electron chi connectivity index (χ2n) is 4.11. The van der Waals surface area contributed by atoms with Gasteiger partial charge in [0.1, 0.15) is 6.61 Å². The quantitative estimate of drug-likeness (QED) is 0.575. The van der Waals surface area contributed by atoms with Crippen LogP contribution in [0.1, 0.15) is 16.1 Å². The van der Waals surface area contributed by atoms with Crippen molar-refractivity contribution in [1.82, 2.24) is 9.55 Å². The van der Waals surface area contributed by atoms with Crippen molar-refractivity contribution in [2.75, 3.05) is 13.2 Å². The van der Waals surface area contributed by atoms with E-state index in [9.17, 15) is 4.79 Å². The molecule has 0 aromatic carbocycles. The molecule has 0 aliphatic carbocycles. The van der Waals surface area contributed by atoms with Crippen molar-refractivity contribution in [3.63, 3.8) is 0 Å². The van der Waals surface area contributed by atoms with E-state index < -0.39 is 0 Å². The van der Waals surface area contributed by atoms with Gasteiger partial charge in [-0.1, -0.05) is 6.07 Å². The second-order valence-corrected chi connectivity index (χ2v) is 4.11. The summed E-state index contributed by atoms with van der Waals surface area (Å²) in [4.78, 5) is 15.9. The molecule has 0 saturated carbocycles. The number of carbonyl (C=O) groups is 1. The smallest absolute Gasteiger partial charge is 0.189 e. The van der Waals surface area contributed by atoms with Crippen LogP contribution in [-0.2, 0) is 18.2 Å². The molecule has 0 amide bonds. The number of pyridine rings is 1. The average molecular weight is 244 g/mol. The molecular weight excluding hydrogens is 228 g/mol. The summed E-state index contributed by atoms with van der Waals surface area (Å²) in [5, 5.41) is 0. The number of aromatic nitrogens is 2. The van der Waals surface area contributed by atoms with Gasteiger partial charge in [0, 0.05) is 43.3 Å². The van der Waals surface area contributed by atoms with Crippen LogP contribution in [0.2, 0.25) is 0 Å². The number of rotatable bonds is 6. The molecule has 0 aliphatic heterocycles. The Bertz CT molecular complexity index is 506. The Hall–Kier alpha value is -1.94. The minimum Gasteiger partial charge on any atom is -0.373 e. The van der Waals surface area contributed by atoms with Crippen molar-refractivity contribution < 1.29 is 9.53 Å². The molecule has 2 rings (SSSR count). The van der Waals surface area contributed by atoms with Crippen LogP contribution < -0.4 is 0 Å². The number of Topliss-reactive ketones (excluding diaryl/α,β-unsaturated/α-hetero) is 1. The van der Waals surface area contributed by atoms with Crippen molar-refractivity contribution in [3.05, 3.63) is 54.1 Å². The number of nitrogens with zero attached hydrogens (tertiary/aromatic N) is 2. The molecule has 0 atom stereocenters. The Balaban J connectivity index is 1.71. The molecular formula is C14H16N2O2. The highest BCUT2D eigenvalue weighted by Crippen LogP contribution is 2.02. The zero-order valence-corrected chi connectivity index (χ0v) is 10.4. The molecule has 0 spiro atoms. The Labute approximate surface area is 106 Å². The zero-order chi connectivity index (χ0) is 12.8. The lowest BCUT2D eigenvalue weighted by Gasteiger charge is -2.02. The predicted molar refractivity (Wildman–Crippen MR) is 68.5 cm³/mol. The van der Waals surface area contributed by atoms with Crippen LogP contribution in [0.25, 0.3) is 0 Å². The van der Waals surface area contributed by atoms with Crippen molar-refractivity contribution in [2.24, 2.45) is 7.05 Å². The average Bonchev–Trinajstić information content (AvgIpc) is 2.82. The Morgan fingerprint density at radius 1 is 1.39 bits per heavy atom. The lowest BCUT2D eigenvalue weighted by atomic mass is 10.2. The maximum Gasteiger partial charge on any atom is 0.189 e. The van der Waals surface area contributed by atoms with E-state index in [0.29, 0.717) is 12.2 Å². The number of ketones is 1. The fraction of sp³-hybridized carbons (Fsp3) is 0.286. The van der Waals surface area contributed by atoms with Gasteiger partial charge in [0.05, 0.1) is 6.61 Å². The summed E-state index contributed by atoms with van der Waals surface area (Å²) in [5.41, 5.74) is 1.67. The number of hydrogen-bond donors (Lipinski definition) is 0. The van der Waals surface area contributed by atoms with Crippen molar-refractivity contribution in [2.45, 2.75) is 6.42 Å². The van der Waals surface area contributed by atoms with Crippen molar-refractivity contribution in [1.29, 1.82) is 0 Å². The standard InChI is InChI=1S/C14H16N2O2/c1-16-8-5-12(10-16)14(17)11-18-9-6-13-4-2-3-7-15-13/h2-5,7-8,10H,6,9,11H2,1H3. The number of aryl methyl sites for hydroxylation is 1. The van der Waals surface area contributed by atoms with Gasteiger partial charge in [0.2, 0.25) is 0 Å². The van der Waals surface area contributed by atoms with Gasteiger partial charge in [-0.25, -0.2) is 0 Å². The molecule has 2 heterocycles. The molecule has 4 heteroatoms. The van der Waals surface area contributed by atoms with E-state index in [1.165, 1.54) is 0 Å². The molecule has 0 bridgehead atoms. The first-order valence-electron chi connectivity index (χ1n) is 5.88. The van der Waals surface area contributed by atoms with E-state index in [2.05, 4.69) is 4.98 Å². The molecule has 4 nitrogen and oxygen atoms in total. The number of ether oxygens (including phenoxy) is 1. The monoisotopic (exact) mass is 244 g/mol. The summed E-state index contributed by atoms with van der Waals surface area (Å²) < 4.78 is 7.21. The molecule has 0 radical (unpaired) electrons. The fourth-order valence-electron chi connectivity index (χ4n) is 1.64. The third kappa shape index (κ3) is 3.53.